The minimum absolute atomic E-state index is 0.0358. The lowest BCUT2D eigenvalue weighted by Gasteiger charge is -2.23. The summed E-state index contributed by atoms with van der Waals surface area (Å²) in [6.07, 6.45) is 5.06. The molecule has 1 aliphatic carbocycles. The van der Waals surface area contributed by atoms with Gasteiger partial charge in [0, 0.05) is 5.57 Å². The molecule has 66 valence electrons. The van der Waals surface area contributed by atoms with E-state index in [4.69, 9.17) is 4.74 Å². The Kier molecular flexibility index (Phi) is 1.62. The molecule has 0 aromatic rings. The van der Waals surface area contributed by atoms with Gasteiger partial charge in [-0.25, -0.2) is 0 Å². The fourth-order valence-electron chi connectivity index (χ4n) is 2.17. The number of carbonyl (C=O) groups is 1. The lowest BCUT2D eigenvalue weighted by Crippen LogP contribution is -2.26. The molecule has 1 fully saturated rings. The lowest BCUT2D eigenvalue weighted by atomic mass is 9.82. The number of hydrogen-bond donors (Lipinski definition) is 0. The van der Waals surface area contributed by atoms with Crippen LogP contribution in [-0.4, -0.2) is 18.0 Å². The minimum atomic E-state index is -0.0358. The summed E-state index contributed by atoms with van der Waals surface area (Å²) in [4.78, 5) is 10.6. The second-order valence-electron chi connectivity index (χ2n) is 4.20. The van der Waals surface area contributed by atoms with Crippen molar-refractivity contribution in [2.45, 2.75) is 38.4 Å². The number of carbonyl (C=O) groups excluding carboxylic acids is 1. The van der Waals surface area contributed by atoms with Crippen molar-refractivity contribution in [2.24, 2.45) is 5.92 Å². The molecule has 2 rings (SSSR count). The fourth-order valence-corrected chi connectivity index (χ4v) is 2.17. The molecule has 0 saturated carbocycles. The van der Waals surface area contributed by atoms with E-state index in [0.29, 0.717) is 5.92 Å². The minimum Gasteiger partial charge on any atom is -0.367 e. The molecule has 2 bridgehead atoms. The van der Waals surface area contributed by atoms with Crippen LogP contribution in [0.25, 0.3) is 0 Å². The van der Waals surface area contributed by atoms with Crippen LogP contribution in [0.1, 0.15) is 26.7 Å². The van der Waals surface area contributed by atoms with E-state index in [1.807, 2.05) is 6.08 Å². The molecule has 2 atom stereocenters. The van der Waals surface area contributed by atoms with Crippen molar-refractivity contribution >= 4 is 6.29 Å². The number of ether oxygens (including phenoxy) is 1. The topological polar surface area (TPSA) is 26.3 Å². The average molecular weight is 166 g/mol. The third kappa shape index (κ3) is 1.02. The molecule has 2 unspecified atom stereocenters. The smallest absolute Gasteiger partial charge is 0.148 e. The van der Waals surface area contributed by atoms with Gasteiger partial charge in [-0.3, -0.25) is 4.79 Å². The summed E-state index contributed by atoms with van der Waals surface area (Å²) in [7, 11) is 0. The third-order valence-electron chi connectivity index (χ3n) is 3.07. The zero-order valence-electron chi connectivity index (χ0n) is 7.54. The summed E-state index contributed by atoms with van der Waals surface area (Å²) in [5, 5.41) is 0. The van der Waals surface area contributed by atoms with Gasteiger partial charge in [-0.2, -0.15) is 0 Å². The Bertz CT molecular complexity index is 240. The van der Waals surface area contributed by atoms with Crippen LogP contribution in [0.4, 0.5) is 0 Å². The highest BCUT2D eigenvalue weighted by Crippen LogP contribution is 2.43. The maximum atomic E-state index is 10.6. The van der Waals surface area contributed by atoms with Gasteiger partial charge >= 0.3 is 0 Å². The molecule has 2 nitrogen and oxygen atoms in total. The molecule has 0 amide bonds. The molecule has 0 radical (unpaired) electrons. The lowest BCUT2D eigenvalue weighted by molar-refractivity contribution is -0.106. The molecule has 1 heterocycles. The van der Waals surface area contributed by atoms with Gasteiger partial charge in [0.25, 0.3) is 0 Å². The van der Waals surface area contributed by atoms with Crippen LogP contribution in [0.2, 0.25) is 0 Å². The van der Waals surface area contributed by atoms with Crippen molar-refractivity contribution in [1.29, 1.82) is 0 Å². The Morgan fingerprint density at radius 3 is 3.08 bits per heavy atom. The summed E-state index contributed by atoms with van der Waals surface area (Å²) >= 11 is 0. The third-order valence-corrected chi connectivity index (χ3v) is 3.07. The van der Waals surface area contributed by atoms with Gasteiger partial charge in [0.05, 0.1) is 11.7 Å². The maximum absolute atomic E-state index is 10.6. The number of rotatable bonds is 1. The first kappa shape index (κ1) is 7.99. The van der Waals surface area contributed by atoms with Crippen molar-refractivity contribution in [3.05, 3.63) is 11.6 Å². The second kappa shape index (κ2) is 2.43. The Hall–Kier alpha value is -0.630. The highest BCUT2D eigenvalue weighted by Gasteiger charge is 2.44. The number of aldehydes is 1. The highest BCUT2D eigenvalue weighted by molar-refractivity contribution is 5.75. The van der Waals surface area contributed by atoms with Crippen LogP contribution in [0, 0.1) is 5.92 Å². The van der Waals surface area contributed by atoms with Crippen molar-refractivity contribution in [2.75, 3.05) is 0 Å². The van der Waals surface area contributed by atoms with E-state index in [0.717, 1.165) is 24.7 Å². The normalized spacial score (nSPS) is 37.7. The standard InChI is InChI=1S/C10H14O2/c1-10(2)8-4-3-7(6-11)9(5-8)12-10/h3,6,8-9H,4-5H2,1-2H3. The summed E-state index contributed by atoms with van der Waals surface area (Å²) < 4.78 is 5.78. The molecule has 0 aromatic carbocycles. The van der Waals surface area contributed by atoms with E-state index in [2.05, 4.69) is 13.8 Å². The monoisotopic (exact) mass is 166 g/mol. The molecule has 1 aliphatic heterocycles. The van der Waals surface area contributed by atoms with E-state index < -0.39 is 0 Å². The molecule has 12 heavy (non-hydrogen) atoms. The number of fused-ring (bicyclic) bond motifs is 2. The maximum Gasteiger partial charge on any atom is 0.148 e. The SMILES string of the molecule is CC1(C)OC2CC1CC=C2C=O. The summed E-state index contributed by atoms with van der Waals surface area (Å²) in [6, 6.07) is 0. The fraction of sp³-hybridized carbons (Fsp3) is 0.700. The molecular weight excluding hydrogens is 152 g/mol. The molecular formula is C10H14O2. The Morgan fingerprint density at radius 1 is 1.67 bits per heavy atom. The van der Waals surface area contributed by atoms with E-state index in [9.17, 15) is 4.79 Å². The second-order valence-corrected chi connectivity index (χ2v) is 4.20. The molecule has 2 heteroatoms. The van der Waals surface area contributed by atoms with Crippen LogP contribution in [0.3, 0.4) is 0 Å². The predicted octanol–water partition coefficient (Wildman–Crippen LogP) is 1.70. The molecule has 0 aromatic heterocycles. The van der Waals surface area contributed by atoms with E-state index in [1.54, 1.807) is 0 Å². The Balaban J connectivity index is 2.25. The number of allylic oxidation sites excluding steroid dienone is 1. The van der Waals surface area contributed by atoms with Gasteiger partial charge in [0.1, 0.15) is 6.29 Å². The van der Waals surface area contributed by atoms with Crippen LogP contribution < -0.4 is 0 Å². The van der Waals surface area contributed by atoms with Crippen molar-refractivity contribution in [1.82, 2.24) is 0 Å². The summed E-state index contributed by atoms with van der Waals surface area (Å²) in [5.74, 6) is 0.603. The first-order valence-electron chi connectivity index (χ1n) is 4.46. The van der Waals surface area contributed by atoms with Crippen molar-refractivity contribution < 1.29 is 9.53 Å². The zero-order valence-corrected chi connectivity index (χ0v) is 7.54. The van der Waals surface area contributed by atoms with Gasteiger partial charge in [-0.05, 0) is 32.6 Å². The predicted molar refractivity (Wildman–Crippen MR) is 45.8 cm³/mol. The first-order valence-corrected chi connectivity index (χ1v) is 4.46. The Morgan fingerprint density at radius 2 is 2.42 bits per heavy atom. The van der Waals surface area contributed by atoms with E-state index >= 15 is 0 Å². The van der Waals surface area contributed by atoms with Crippen molar-refractivity contribution in [3.8, 4) is 0 Å². The molecule has 2 aliphatic rings. The van der Waals surface area contributed by atoms with Crippen LogP contribution in [-0.2, 0) is 9.53 Å². The van der Waals surface area contributed by atoms with Crippen LogP contribution in [0.5, 0.6) is 0 Å². The largest absolute Gasteiger partial charge is 0.367 e. The van der Waals surface area contributed by atoms with Crippen LogP contribution in [0.15, 0.2) is 11.6 Å². The van der Waals surface area contributed by atoms with Crippen molar-refractivity contribution in [3.63, 3.8) is 0 Å². The summed E-state index contributed by atoms with van der Waals surface area (Å²) in [6.45, 7) is 4.22. The van der Waals surface area contributed by atoms with E-state index in [-0.39, 0.29) is 11.7 Å². The van der Waals surface area contributed by atoms with Gasteiger partial charge in [0.2, 0.25) is 0 Å². The van der Waals surface area contributed by atoms with Gasteiger partial charge in [-0.15, -0.1) is 0 Å². The Labute approximate surface area is 72.6 Å². The van der Waals surface area contributed by atoms with Gasteiger partial charge in [-0.1, -0.05) is 6.08 Å². The van der Waals surface area contributed by atoms with Gasteiger partial charge < -0.3 is 4.74 Å². The van der Waals surface area contributed by atoms with E-state index in [1.165, 1.54) is 0 Å². The summed E-state index contributed by atoms with van der Waals surface area (Å²) in [5.41, 5.74) is 0.808. The molecule has 1 saturated heterocycles. The number of hydrogen-bond acceptors (Lipinski definition) is 2. The molecule has 0 N–H and O–H groups in total. The first-order chi connectivity index (χ1) is 5.63. The van der Waals surface area contributed by atoms with Gasteiger partial charge in [0.15, 0.2) is 0 Å². The molecule has 0 spiro atoms. The zero-order chi connectivity index (χ0) is 8.77. The highest BCUT2D eigenvalue weighted by atomic mass is 16.5. The quantitative estimate of drug-likeness (QED) is 0.554. The average Bonchev–Trinajstić information content (AvgIpc) is 2.24. The van der Waals surface area contributed by atoms with Crippen LogP contribution >= 0.6 is 0 Å².